The van der Waals surface area contributed by atoms with E-state index in [1.165, 1.54) is 0 Å². The summed E-state index contributed by atoms with van der Waals surface area (Å²) in [5.74, 6) is -3.09. The summed E-state index contributed by atoms with van der Waals surface area (Å²) in [5, 5.41) is 11.8. The van der Waals surface area contributed by atoms with E-state index in [2.05, 4.69) is 33.4 Å². The maximum absolute atomic E-state index is 14.3. The number of hydroxylamine groups is 1. The lowest BCUT2D eigenvalue weighted by atomic mass is 10.1. The molecule has 9 heteroatoms. The molecule has 140 valence electrons. The molecule has 1 atom stereocenters. The van der Waals surface area contributed by atoms with Crippen LogP contribution in [-0.2, 0) is 4.84 Å². The highest BCUT2D eigenvalue weighted by molar-refractivity contribution is 14.1. The van der Waals surface area contributed by atoms with Crippen molar-refractivity contribution in [2.45, 2.75) is 19.4 Å². The lowest BCUT2D eigenvalue weighted by Crippen LogP contribution is -2.29. The molecule has 0 aliphatic rings. The lowest BCUT2D eigenvalue weighted by molar-refractivity contribution is -0.0168. The number of hydrogen-bond acceptors (Lipinski definition) is 4. The van der Waals surface area contributed by atoms with Crippen molar-refractivity contribution in [3.05, 3.63) is 56.1 Å². The van der Waals surface area contributed by atoms with Gasteiger partial charge in [-0.05, 0) is 66.3 Å². The Morgan fingerprint density at radius 1 is 1.35 bits per heavy atom. The zero-order valence-corrected chi connectivity index (χ0v) is 16.6. The Bertz CT molecular complexity index is 808. The van der Waals surface area contributed by atoms with Crippen molar-refractivity contribution in [1.29, 1.82) is 0 Å². The molecular weight excluding hydrogens is 481 g/mol. The molecule has 0 heterocycles. The molecule has 2 aromatic rings. The molecule has 1 unspecified atom stereocenters. The Hall–Kier alpha value is -1.49. The van der Waals surface area contributed by atoms with Gasteiger partial charge in [0.05, 0.1) is 28.1 Å². The number of carbonyl (C=O) groups excluding carboxylic acids is 1. The van der Waals surface area contributed by atoms with Crippen molar-refractivity contribution in [3.63, 3.8) is 0 Å². The fourth-order valence-corrected chi connectivity index (χ4v) is 2.94. The van der Waals surface area contributed by atoms with E-state index < -0.39 is 23.6 Å². The minimum absolute atomic E-state index is 0.111. The molecule has 5 nitrogen and oxygen atoms in total. The molecule has 0 aliphatic heterocycles. The van der Waals surface area contributed by atoms with Crippen LogP contribution in [-0.4, -0.2) is 23.7 Å². The van der Waals surface area contributed by atoms with Crippen LogP contribution in [0.15, 0.2) is 30.3 Å². The first-order chi connectivity index (χ1) is 12.3. The van der Waals surface area contributed by atoms with Crippen molar-refractivity contribution in [2.75, 3.05) is 11.9 Å². The first-order valence-electron chi connectivity index (χ1n) is 7.60. The minimum atomic E-state index is -1.21. The predicted molar refractivity (Wildman–Crippen MR) is 104 cm³/mol. The van der Waals surface area contributed by atoms with E-state index in [1.807, 2.05) is 0 Å². The third-order valence-corrected chi connectivity index (χ3v) is 4.40. The smallest absolute Gasteiger partial charge is 0.277 e. The highest BCUT2D eigenvalue weighted by Gasteiger charge is 2.20. The van der Waals surface area contributed by atoms with Crippen LogP contribution in [0.25, 0.3) is 0 Å². The van der Waals surface area contributed by atoms with E-state index in [9.17, 15) is 13.6 Å². The lowest BCUT2D eigenvalue weighted by Gasteiger charge is -2.16. The van der Waals surface area contributed by atoms with Crippen molar-refractivity contribution in [1.82, 2.24) is 5.48 Å². The summed E-state index contributed by atoms with van der Waals surface area (Å²) < 4.78 is 28.8. The molecule has 0 fully saturated rings. The molecule has 1 amide bonds. The monoisotopic (exact) mass is 496 g/mol. The Morgan fingerprint density at radius 3 is 2.73 bits per heavy atom. The fraction of sp³-hybridized carbons (Fsp3) is 0.235. The maximum atomic E-state index is 14.3. The summed E-state index contributed by atoms with van der Waals surface area (Å²) in [5.41, 5.74) is 1.97. The molecule has 0 spiro atoms. The number of aliphatic hydroxyl groups excluding tert-OH is 1. The van der Waals surface area contributed by atoms with Crippen LogP contribution in [0.4, 0.5) is 20.2 Å². The maximum Gasteiger partial charge on any atom is 0.277 e. The van der Waals surface area contributed by atoms with E-state index >= 15 is 0 Å². The second-order valence-corrected chi connectivity index (χ2v) is 7.06. The molecule has 2 rings (SSSR count). The second-order valence-electron chi connectivity index (χ2n) is 5.41. The van der Waals surface area contributed by atoms with Gasteiger partial charge in [0.2, 0.25) is 0 Å². The number of hydrogen-bond donors (Lipinski definition) is 3. The highest BCUT2D eigenvalue weighted by Crippen LogP contribution is 2.31. The number of halogens is 4. The van der Waals surface area contributed by atoms with E-state index in [0.717, 1.165) is 15.7 Å². The van der Waals surface area contributed by atoms with Crippen LogP contribution in [0, 0.1) is 15.2 Å². The van der Waals surface area contributed by atoms with Crippen LogP contribution >= 0.6 is 34.2 Å². The van der Waals surface area contributed by atoms with E-state index in [0.29, 0.717) is 17.1 Å². The quantitative estimate of drug-likeness (QED) is 0.393. The second kappa shape index (κ2) is 9.45. The summed E-state index contributed by atoms with van der Waals surface area (Å²) in [6, 6.07) is 6.95. The SMILES string of the molecule is CC(CCO)ONC(=O)c1ccc(F)c(F)c1Nc1ccc(I)cc1Cl. The van der Waals surface area contributed by atoms with E-state index in [1.54, 1.807) is 25.1 Å². The van der Waals surface area contributed by atoms with E-state index in [4.69, 9.17) is 21.5 Å². The summed E-state index contributed by atoms with van der Waals surface area (Å²) in [4.78, 5) is 17.4. The number of anilines is 2. The highest BCUT2D eigenvalue weighted by atomic mass is 127. The first-order valence-corrected chi connectivity index (χ1v) is 9.06. The average molecular weight is 497 g/mol. The molecule has 0 aliphatic carbocycles. The molecule has 0 bridgehead atoms. The van der Waals surface area contributed by atoms with Gasteiger partial charge in [-0.3, -0.25) is 9.63 Å². The molecule has 26 heavy (non-hydrogen) atoms. The summed E-state index contributed by atoms with van der Waals surface area (Å²) in [6.07, 6.45) is -0.141. The Balaban J connectivity index is 2.30. The van der Waals surface area contributed by atoms with Gasteiger partial charge in [0.25, 0.3) is 5.91 Å². The number of rotatable bonds is 7. The molecule has 0 saturated carbocycles. The van der Waals surface area contributed by atoms with Gasteiger partial charge in [0.15, 0.2) is 11.6 Å². The standard InChI is InChI=1S/C17H16ClF2IN2O3/c1-9(6-7-24)26-23-17(25)11-3-4-13(19)15(20)16(11)22-14-5-2-10(21)8-12(14)18/h2-5,8-9,22,24H,6-7H2,1H3,(H,23,25). The summed E-state index contributed by atoms with van der Waals surface area (Å²) in [6.45, 7) is 1.53. The van der Waals surface area contributed by atoms with Gasteiger partial charge in [-0.15, -0.1) is 0 Å². The van der Waals surface area contributed by atoms with Gasteiger partial charge in [-0.25, -0.2) is 14.3 Å². The zero-order chi connectivity index (χ0) is 19.3. The van der Waals surface area contributed by atoms with Gasteiger partial charge in [0, 0.05) is 10.2 Å². The Kier molecular flexibility index (Phi) is 7.56. The van der Waals surface area contributed by atoms with Gasteiger partial charge < -0.3 is 10.4 Å². The van der Waals surface area contributed by atoms with Crippen molar-refractivity contribution < 1.29 is 23.5 Å². The number of benzene rings is 2. The van der Waals surface area contributed by atoms with Crippen LogP contribution < -0.4 is 10.8 Å². The Morgan fingerprint density at radius 2 is 2.08 bits per heavy atom. The summed E-state index contributed by atoms with van der Waals surface area (Å²) >= 11 is 8.17. The fourth-order valence-electron chi connectivity index (χ4n) is 2.04. The average Bonchev–Trinajstić information content (AvgIpc) is 2.59. The largest absolute Gasteiger partial charge is 0.396 e. The normalized spacial score (nSPS) is 11.9. The van der Waals surface area contributed by atoms with Gasteiger partial charge >= 0.3 is 0 Å². The van der Waals surface area contributed by atoms with Crippen LogP contribution in [0.3, 0.4) is 0 Å². The topological polar surface area (TPSA) is 70.6 Å². The first kappa shape index (κ1) is 20.8. The van der Waals surface area contributed by atoms with Crippen LogP contribution in [0.2, 0.25) is 5.02 Å². The third kappa shape index (κ3) is 5.26. The van der Waals surface area contributed by atoms with Gasteiger partial charge in [0.1, 0.15) is 0 Å². The molecule has 0 radical (unpaired) electrons. The van der Waals surface area contributed by atoms with Crippen molar-refractivity contribution in [2.24, 2.45) is 0 Å². The van der Waals surface area contributed by atoms with E-state index in [-0.39, 0.29) is 17.9 Å². The van der Waals surface area contributed by atoms with Gasteiger partial charge in [-0.1, -0.05) is 11.6 Å². The third-order valence-electron chi connectivity index (χ3n) is 3.42. The summed E-state index contributed by atoms with van der Waals surface area (Å²) in [7, 11) is 0. The number of aliphatic hydroxyl groups is 1. The predicted octanol–water partition coefficient (Wildman–Crippen LogP) is 4.40. The van der Waals surface area contributed by atoms with Gasteiger partial charge in [-0.2, -0.15) is 0 Å². The van der Waals surface area contributed by atoms with Crippen LogP contribution in [0.5, 0.6) is 0 Å². The molecular formula is C17H16ClF2IN2O3. The van der Waals surface area contributed by atoms with Crippen molar-refractivity contribution >= 4 is 51.5 Å². The number of nitrogens with one attached hydrogen (secondary N) is 2. The molecule has 0 aromatic heterocycles. The number of amides is 1. The Labute approximate surface area is 167 Å². The molecule has 0 saturated heterocycles. The molecule has 2 aromatic carbocycles. The minimum Gasteiger partial charge on any atom is -0.396 e. The molecule has 3 N–H and O–H groups in total. The van der Waals surface area contributed by atoms with Crippen molar-refractivity contribution in [3.8, 4) is 0 Å². The van der Waals surface area contributed by atoms with Crippen LogP contribution in [0.1, 0.15) is 23.7 Å². The number of carbonyl (C=O) groups is 1. The zero-order valence-electron chi connectivity index (χ0n) is 13.7.